The zero-order chi connectivity index (χ0) is 24.2. The minimum absolute atomic E-state index is 0.522. The summed E-state index contributed by atoms with van der Waals surface area (Å²) in [6.45, 7) is 6.56. The van der Waals surface area contributed by atoms with Gasteiger partial charge in [0.25, 0.3) is 0 Å². The van der Waals surface area contributed by atoms with Crippen LogP contribution in [-0.4, -0.2) is 12.8 Å². The third kappa shape index (κ3) is 4.83. The van der Waals surface area contributed by atoms with Crippen molar-refractivity contribution in [3.63, 3.8) is 0 Å². The lowest BCUT2D eigenvalue weighted by atomic mass is 9.86. The minimum Gasteiger partial charge on any atom is -0.488 e. The average molecular weight is 525 g/mol. The Morgan fingerprint density at radius 1 is 0.971 bits per heavy atom. The van der Waals surface area contributed by atoms with E-state index in [1.54, 1.807) is 11.6 Å². The molecule has 3 aromatic rings. The van der Waals surface area contributed by atoms with Crippen molar-refractivity contribution in [3.05, 3.63) is 115 Å². The van der Waals surface area contributed by atoms with Crippen LogP contribution in [0.15, 0.2) is 76.9 Å². The molecule has 2 aliphatic carbocycles. The van der Waals surface area contributed by atoms with Gasteiger partial charge in [0.2, 0.25) is 0 Å². The van der Waals surface area contributed by atoms with Crippen molar-refractivity contribution in [2.75, 3.05) is 6.61 Å². The van der Waals surface area contributed by atoms with Gasteiger partial charge >= 0.3 is 0 Å². The first-order valence-electron chi connectivity index (χ1n) is 12.3. The van der Waals surface area contributed by atoms with Gasteiger partial charge in [-0.15, -0.1) is 0 Å². The van der Waals surface area contributed by atoms with E-state index in [0.29, 0.717) is 6.61 Å². The minimum atomic E-state index is 0.522. The summed E-state index contributed by atoms with van der Waals surface area (Å²) in [7, 11) is 0. The third-order valence-electron chi connectivity index (χ3n) is 6.98. The van der Waals surface area contributed by atoms with E-state index in [-0.39, 0.29) is 0 Å². The van der Waals surface area contributed by atoms with E-state index in [4.69, 9.17) is 4.74 Å². The second-order valence-corrected chi connectivity index (χ2v) is 10.0. The van der Waals surface area contributed by atoms with E-state index < -0.39 is 0 Å². The maximum Gasteiger partial charge on any atom is 0.141 e. The van der Waals surface area contributed by atoms with Crippen LogP contribution in [0.2, 0.25) is 0 Å². The molecule has 0 atom stereocenters. The van der Waals surface area contributed by atoms with Crippen LogP contribution in [0.5, 0.6) is 5.75 Å². The molecule has 0 N–H and O–H groups in total. The second kappa shape index (κ2) is 10.6. The van der Waals surface area contributed by atoms with Crippen molar-refractivity contribution in [1.82, 2.24) is 0 Å². The molecule has 0 unspecified atom stereocenters. The lowest BCUT2D eigenvalue weighted by Gasteiger charge is -2.19. The Bertz CT molecular complexity index is 1560. The summed E-state index contributed by atoms with van der Waals surface area (Å²) in [5.74, 6) is 0.929. The van der Waals surface area contributed by atoms with Crippen molar-refractivity contribution >= 4 is 39.9 Å². The zero-order valence-corrected chi connectivity index (χ0v) is 21.8. The molecule has 0 saturated carbocycles. The molecule has 0 amide bonds. The molecule has 2 nitrogen and oxygen atoms in total. The predicted octanol–water partition coefficient (Wildman–Crippen LogP) is 6.43. The predicted molar refractivity (Wildman–Crippen MR) is 151 cm³/mol. The molecular weight excluding hydrogens is 494 g/mol. The monoisotopic (exact) mass is 523 g/mol. The van der Waals surface area contributed by atoms with Gasteiger partial charge in [-0.3, -0.25) is 4.99 Å². The number of hydrogen-bond acceptors (Lipinski definition) is 2. The summed E-state index contributed by atoms with van der Waals surface area (Å²) in [6.07, 6.45) is 15.6. The van der Waals surface area contributed by atoms with E-state index in [1.165, 1.54) is 62.4 Å². The highest BCUT2D eigenvalue weighted by molar-refractivity contribution is 9.10. The highest BCUT2D eigenvalue weighted by Gasteiger charge is 2.15. The van der Waals surface area contributed by atoms with Crippen molar-refractivity contribution in [2.24, 2.45) is 4.99 Å². The highest BCUT2D eigenvalue weighted by Crippen LogP contribution is 2.25. The van der Waals surface area contributed by atoms with Crippen molar-refractivity contribution in [3.8, 4) is 5.75 Å². The molecule has 35 heavy (non-hydrogen) atoms. The van der Waals surface area contributed by atoms with Gasteiger partial charge < -0.3 is 4.74 Å². The number of hydrogen-bond donors (Lipinski definition) is 0. The molecule has 3 heteroatoms. The van der Waals surface area contributed by atoms with Gasteiger partial charge in [-0.05, 0) is 98.6 Å². The Hall–Kier alpha value is -3.17. The SMILES string of the molecule is C1=Cc2ccccc2CC=N1.C=CCOc1c(Br)ccc2c1=CCc1c3c(ccc1=2)=C(C)CCC3. The first-order chi connectivity index (χ1) is 17.2. The summed E-state index contributed by atoms with van der Waals surface area (Å²) in [6, 6.07) is 17.3. The summed E-state index contributed by atoms with van der Waals surface area (Å²) in [5.41, 5.74) is 7.25. The van der Waals surface area contributed by atoms with Gasteiger partial charge in [-0.2, -0.15) is 0 Å². The Balaban J connectivity index is 0.000000192. The number of aliphatic imine (C=N–C) groups is 1. The number of ether oxygens (including phenoxy) is 1. The van der Waals surface area contributed by atoms with E-state index in [9.17, 15) is 0 Å². The summed E-state index contributed by atoms with van der Waals surface area (Å²) in [4.78, 5) is 4.08. The summed E-state index contributed by atoms with van der Waals surface area (Å²) in [5, 5.41) is 5.34. The van der Waals surface area contributed by atoms with Crippen molar-refractivity contribution in [2.45, 2.75) is 39.0 Å². The van der Waals surface area contributed by atoms with Crippen LogP contribution in [-0.2, 0) is 19.3 Å². The fourth-order valence-corrected chi connectivity index (χ4v) is 5.71. The number of benzene rings is 3. The smallest absolute Gasteiger partial charge is 0.141 e. The Morgan fingerprint density at radius 3 is 2.69 bits per heavy atom. The maximum absolute atomic E-state index is 5.93. The Labute approximate surface area is 215 Å². The zero-order valence-electron chi connectivity index (χ0n) is 20.2. The molecule has 0 bridgehead atoms. The number of nitrogens with zero attached hydrogens (tertiary/aromatic N) is 1. The van der Waals surface area contributed by atoms with Crippen molar-refractivity contribution in [1.29, 1.82) is 0 Å². The van der Waals surface area contributed by atoms with Gasteiger partial charge in [-0.1, -0.05) is 66.8 Å². The first-order valence-corrected chi connectivity index (χ1v) is 13.1. The largest absolute Gasteiger partial charge is 0.488 e. The summed E-state index contributed by atoms with van der Waals surface area (Å²) < 4.78 is 6.93. The lowest BCUT2D eigenvalue weighted by Crippen LogP contribution is -2.22. The topological polar surface area (TPSA) is 21.6 Å². The van der Waals surface area contributed by atoms with Gasteiger partial charge in [0.05, 0.1) is 4.47 Å². The van der Waals surface area contributed by atoms with E-state index >= 15 is 0 Å². The second-order valence-electron chi connectivity index (χ2n) is 9.15. The molecule has 0 saturated heterocycles. The molecule has 1 heterocycles. The maximum atomic E-state index is 5.93. The molecule has 0 aromatic heterocycles. The lowest BCUT2D eigenvalue weighted by molar-refractivity contribution is 0.357. The van der Waals surface area contributed by atoms with E-state index in [1.807, 2.05) is 18.5 Å². The van der Waals surface area contributed by atoms with Crippen LogP contribution in [0, 0.1) is 10.4 Å². The van der Waals surface area contributed by atoms with Gasteiger partial charge in [0.15, 0.2) is 0 Å². The molecule has 0 fully saturated rings. The Morgan fingerprint density at radius 2 is 1.80 bits per heavy atom. The number of rotatable bonds is 3. The van der Waals surface area contributed by atoms with Gasteiger partial charge in [0, 0.05) is 24.1 Å². The molecule has 176 valence electrons. The van der Waals surface area contributed by atoms with Crippen LogP contribution in [0.25, 0.3) is 17.7 Å². The molecule has 3 aromatic carbocycles. The fourth-order valence-electron chi connectivity index (χ4n) is 5.25. The standard InChI is InChI=1S/C22H21BrO.C10H9N/c1-3-13-24-22-20-10-9-17-16-6-4-5-14(2)15(16)7-8-18(17)19(20)11-12-21(22)23;1-2-4-10-6-8-11-7-5-9(10)3-1/h3,7-8,10-12H,1,4-6,9,13H2,2H3;1-5,7-8H,6H2. The van der Waals surface area contributed by atoms with Crippen LogP contribution < -0.4 is 15.2 Å². The number of halogens is 1. The first kappa shape index (κ1) is 23.6. The summed E-state index contributed by atoms with van der Waals surface area (Å²) >= 11 is 3.63. The van der Waals surface area contributed by atoms with Crippen molar-refractivity contribution < 1.29 is 4.74 Å². The van der Waals surface area contributed by atoms with Crippen LogP contribution >= 0.6 is 15.9 Å². The third-order valence-corrected chi connectivity index (χ3v) is 7.60. The molecule has 3 aliphatic rings. The van der Waals surface area contributed by atoms with Crippen LogP contribution in [0.1, 0.15) is 42.0 Å². The number of fused-ring (bicyclic) bond motifs is 5. The van der Waals surface area contributed by atoms with Gasteiger partial charge in [0.1, 0.15) is 12.4 Å². The van der Waals surface area contributed by atoms with E-state index in [2.05, 4.69) is 89.0 Å². The molecular formula is C32H30BrNO. The normalized spacial score (nSPS) is 14.7. The average Bonchev–Trinajstić information content (AvgIpc) is 3.14. The quantitative estimate of drug-likeness (QED) is 0.362. The molecule has 0 radical (unpaired) electrons. The molecule has 1 aliphatic heterocycles. The van der Waals surface area contributed by atoms with Crippen LogP contribution in [0.4, 0.5) is 0 Å². The van der Waals surface area contributed by atoms with Gasteiger partial charge in [-0.25, -0.2) is 0 Å². The fraction of sp³-hybridized carbons (Fsp3) is 0.219. The van der Waals surface area contributed by atoms with Crippen LogP contribution in [0.3, 0.4) is 0 Å². The Kier molecular flexibility index (Phi) is 7.15. The van der Waals surface area contributed by atoms with E-state index in [0.717, 1.165) is 23.1 Å². The molecule has 0 spiro atoms. The molecule has 6 rings (SSSR count). The highest BCUT2D eigenvalue weighted by atomic mass is 79.9.